The first-order valence-corrected chi connectivity index (χ1v) is 7.66. The molecule has 0 amide bonds. The normalized spacial score (nSPS) is 17.5. The molecule has 106 valence electrons. The van der Waals surface area contributed by atoms with E-state index in [0.29, 0.717) is 4.47 Å². The second-order valence-electron chi connectivity index (χ2n) is 5.34. The van der Waals surface area contributed by atoms with Crippen LogP contribution in [0, 0.1) is 5.82 Å². The molecule has 21 heavy (non-hydrogen) atoms. The second-order valence-corrected chi connectivity index (χ2v) is 6.20. The molecule has 0 saturated carbocycles. The molecule has 0 spiro atoms. The van der Waals surface area contributed by atoms with E-state index in [2.05, 4.69) is 43.3 Å². The number of nitrogens with zero attached hydrogens (tertiary/aromatic N) is 1. The molecule has 0 bridgehead atoms. The number of rotatable bonds is 1. The molecule has 3 aromatic rings. The van der Waals surface area contributed by atoms with Crippen molar-refractivity contribution in [2.24, 2.45) is 0 Å². The third-order valence-electron chi connectivity index (χ3n) is 3.95. The lowest BCUT2D eigenvalue weighted by Gasteiger charge is -2.24. The Morgan fingerprint density at radius 3 is 3.00 bits per heavy atom. The highest BCUT2D eigenvalue weighted by Crippen LogP contribution is 2.30. The van der Waals surface area contributed by atoms with Crippen LogP contribution in [-0.4, -0.2) is 16.5 Å². The predicted molar refractivity (Wildman–Crippen MR) is 85.1 cm³/mol. The van der Waals surface area contributed by atoms with Crippen LogP contribution in [0.25, 0.3) is 11.0 Å². The molecule has 2 N–H and O–H groups in total. The predicted octanol–water partition coefficient (Wildman–Crippen LogP) is 4.22. The van der Waals surface area contributed by atoms with Crippen molar-refractivity contribution >= 4 is 32.7 Å². The Morgan fingerprint density at radius 1 is 1.24 bits per heavy atom. The Hall–Kier alpha value is -1.88. The molecule has 0 radical (unpaired) electrons. The van der Waals surface area contributed by atoms with E-state index in [1.807, 2.05) is 12.1 Å². The number of hydrogen-bond acceptors (Lipinski definition) is 2. The van der Waals surface area contributed by atoms with Crippen LogP contribution in [-0.2, 0) is 6.42 Å². The fourth-order valence-electron chi connectivity index (χ4n) is 2.85. The van der Waals surface area contributed by atoms with Gasteiger partial charge in [0.05, 0.1) is 15.5 Å². The summed E-state index contributed by atoms with van der Waals surface area (Å²) in [5.41, 5.74) is 4.02. The van der Waals surface area contributed by atoms with E-state index in [0.717, 1.165) is 29.8 Å². The first-order valence-electron chi connectivity index (χ1n) is 6.87. The van der Waals surface area contributed by atoms with Crippen LogP contribution >= 0.6 is 15.9 Å². The monoisotopic (exact) mass is 345 g/mol. The number of aromatic amines is 1. The van der Waals surface area contributed by atoms with Gasteiger partial charge in [0.15, 0.2) is 0 Å². The molecule has 2 aromatic carbocycles. The number of halogens is 2. The molecular formula is C16H13BrFN3. The largest absolute Gasteiger partial charge is 0.384 e. The van der Waals surface area contributed by atoms with Gasteiger partial charge in [0.2, 0.25) is 0 Å². The summed E-state index contributed by atoms with van der Waals surface area (Å²) >= 11 is 3.20. The third-order valence-corrected chi connectivity index (χ3v) is 4.56. The van der Waals surface area contributed by atoms with E-state index < -0.39 is 0 Å². The average Bonchev–Trinajstić information content (AvgIpc) is 2.90. The molecule has 2 heterocycles. The second kappa shape index (κ2) is 4.84. The summed E-state index contributed by atoms with van der Waals surface area (Å²) in [4.78, 5) is 7.87. The van der Waals surface area contributed by atoms with Crippen LogP contribution in [0.4, 0.5) is 10.1 Å². The minimum absolute atomic E-state index is 0.272. The topological polar surface area (TPSA) is 40.7 Å². The van der Waals surface area contributed by atoms with Crippen molar-refractivity contribution in [1.29, 1.82) is 0 Å². The molecule has 1 aromatic heterocycles. The maximum atomic E-state index is 13.6. The summed E-state index contributed by atoms with van der Waals surface area (Å²) in [5.74, 6) is 0.906. The highest BCUT2D eigenvalue weighted by molar-refractivity contribution is 9.10. The zero-order chi connectivity index (χ0) is 14.4. The van der Waals surface area contributed by atoms with E-state index in [9.17, 15) is 4.39 Å². The highest BCUT2D eigenvalue weighted by Gasteiger charge is 2.22. The standard InChI is InChI=1S/C16H13BrFN3/c17-11-6-14-15(7-12(11)18)21-16(20-14)10-5-9-3-1-2-4-13(9)19-8-10/h1-4,6-7,10,19H,5,8H2,(H,20,21). The lowest BCUT2D eigenvalue weighted by Crippen LogP contribution is -2.22. The maximum absolute atomic E-state index is 13.6. The summed E-state index contributed by atoms with van der Waals surface area (Å²) in [6.45, 7) is 0.834. The summed E-state index contributed by atoms with van der Waals surface area (Å²) in [6, 6.07) is 11.5. The average molecular weight is 346 g/mol. The number of imidazole rings is 1. The highest BCUT2D eigenvalue weighted by atomic mass is 79.9. The van der Waals surface area contributed by atoms with Crippen LogP contribution < -0.4 is 5.32 Å². The summed E-state index contributed by atoms with van der Waals surface area (Å²) in [5, 5.41) is 3.43. The Labute approximate surface area is 129 Å². The molecule has 1 aliphatic heterocycles. The number of benzene rings is 2. The van der Waals surface area contributed by atoms with Crippen LogP contribution in [0.5, 0.6) is 0 Å². The van der Waals surface area contributed by atoms with E-state index in [4.69, 9.17) is 0 Å². The zero-order valence-corrected chi connectivity index (χ0v) is 12.7. The van der Waals surface area contributed by atoms with Crippen LogP contribution in [0.2, 0.25) is 0 Å². The van der Waals surface area contributed by atoms with Crippen molar-refractivity contribution < 1.29 is 4.39 Å². The quantitative estimate of drug-likeness (QED) is 0.693. The van der Waals surface area contributed by atoms with Gasteiger partial charge in [-0.2, -0.15) is 0 Å². The number of anilines is 1. The zero-order valence-electron chi connectivity index (χ0n) is 11.2. The first-order chi connectivity index (χ1) is 10.2. The smallest absolute Gasteiger partial charge is 0.139 e. The number of H-pyrrole nitrogens is 1. The molecule has 0 aliphatic carbocycles. The Bertz CT molecular complexity index is 789. The van der Waals surface area contributed by atoms with Crippen molar-refractivity contribution in [2.45, 2.75) is 12.3 Å². The van der Waals surface area contributed by atoms with Gasteiger partial charge in [0, 0.05) is 24.2 Å². The Balaban J connectivity index is 1.71. The fourth-order valence-corrected chi connectivity index (χ4v) is 3.18. The van der Waals surface area contributed by atoms with Crippen LogP contribution in [0.3, 0.4) is 0 Å². The SMILES string of the molecule is Fc1cc2[nH]c(C3CNc4ccccc4C3)nc2cc1Br. The number of fused-ring (bicyclic) bond motifs is 2. The summed E-state index contributed by atoms with van der Waals surface area (Å²) < 4.78 is 14.0. The summed E-state index contributed by atoms with van der Waals surface area (Å²) in [6.07, 6.45) is 0.937. The van der Waals surface area contributed by atoms with Crippen molar-refractivity contribution in [3.8, 4) is 0 Å². The molecule has 1 atom stereocenters. The van der Waals surface area contributed by atoms with Gasteiger partial charge in [0.25, 0.3) is 0 Å². The van der Waals surface area contributed by atoms with Gasteiger partial charge < -0.3 is 10.3 Å². The van der Waals surface area contributed by atoms with E-state index in [-0.39, 0.29) is 11.7 Å². The van der Waals surface area contributed by atoms with Gasteiger partial charge in [-0.05, 0) is 40.0 Å². The number of para-hydroxylation sites is 1. The molecule has 4 rings (SSSR count). The minimum atomic E-state index is -0.273. The number of aromatic nitrogens is 2. The van der Waals surface area contributed by atoms with Gasteiger partial charge in [-0.25, -0.2) is 9.37 Å². The van der Waals surface area contributed by atoms with E-state index in [1.165, 1.54) is 17.3 Å². The van der Waals surface area contributed by atoms with E-state index >= 15 is 0 Å². The molecule has 1 aliphatic rings. The van der Waals surface area contributed by atoms with Gasteiger partial charge in [-0.3, -0.25) is 0 Å². The van der Waals surface area contributed by atoms with Crippen molar-refractivity contribution in [1.82, 2.24) is 9.97 Å². The minimum Gasteiger partial charge on any atom is -0.384 e. The molecular weight excluding hydrogens is 333 g/mol. The molecule has 0 fully saturated rings. The van der Waals surface area contributed by atoms with Crippen molar-refractivity contribution in [3.05, 3.63) is 58.1 Å². The summed E-state index contributed by atoms with van der Waals surface area (Å²) in [7, 11) is 0. The third kappa shape index (κ3) is 2.21. The van der Waals surface area contributed by atoms with Crippen LogP contribution in [0.1, 0.15) is 17.3 Å². The molecule has 1 unspecified atom stereocenters. The Morgan fingerprint density at radius 2 is 2.10 bits per heavy atom. The van der Waals surface area contributed by atoms with Crippen molar-refractivity contribution in [3.63, 3.8) is 0 Å². The molecule has 0 saturated heterocycles. The van der Waals surface area contributed by atoms with Gasteiger partial charge >= 0.3 is 0 Å². The molecule has 5 heteroatoms. The van der Waals surface area contributed by atoms with Gasteiger partial charge in [-0.1, -0.05) is 18.2 Å². The van der Waals surface area contributed by atoms with Gasteiger partial charge in [0.1, 0.15) is 11.6 Å². The lowest BCUT2D eigenvalue weighted by atomic mass is 9.93. The number of nitrogens with one attached hydrogen (secondary N) is 2. The van der Waals surface area contributed by atoms with Gasteiger partial charge in [-0.15, -0.1) is 0 Å². The Kier molecular flexibility index (Phi) is 2.96. The molecule has 3 nitrogen and oxygen atoms in total. The fraction of sp³-hybridized carbons (Fsp3) is 0.188. The van der Waals surface area contributed by atoms with E-state index in [1.54, 1.807) is 6.07 Å². The maximum Gasteiger partial charge on any atom is 0.139 e. The lowest BCUT2D eigenvalue weighted by molar-refractivity contribution is 0.622. The first kappa shape index (κ1) is 12.8. The number of hydrogen-bond donors (Lipinski definition) is 2. The van der Waals surface area contributed by atoms with Crippen molar-refractivity contribution in [2.75, 3.05) is 11.9 Å². The van der Waals surface area contributed by atoms with Crippen LogP contribution in [0.15, 0.2) is 40.9 Å².